The second kappa shape index (κ2) is 5.85. The molecule has 3 N–H and O–H groups in total. The van der Waals surface area contributed by atoms with Gasteiger partial charge in [0.25, 0.3) is 0 Å². The van der Waals surface area contributed by atoms with Crippen LogP contribution in [0, 0.1) is 11.8 Å². The highest BCUT2D eigenvalue weighted by atomic mass is 19.1. The Labute approximate surface area is 96.3 Å². The third-order valence-electron chi connectivity index (χ3n) is 2.93. The maximum atomic E-state index is 14.0. The number of rotatable bonds is 5. The second-order valence-electron chi connectivity index (χ2n) is 4.53. The molecule has 2 unspecified atom stereocenters. The van der Waals surface area contributed by atoms with Gasteiger partial charge in [-0.2, -0.15) is 0 Å². The van der Waals surface area contributed by atoms with Crippen molar-refractivity contribution in [1.29, 1.82) is 0 Å². The fraction of sp³-hybridized carbons (Fsp3) is 0.538. The van der Waals surface area contributed by atoms with Gasteiger partial charge in [0, 0.05) is 12.3 Å². The van der Waals surface area contributed by atoms with E-state index in [0.717, 1.165) is 5.56 Å². The van der Waals surface area contributed by atoms with Crippen molar-refractivity contribution in [3.05, 3.63) is 29.8 Å². The van der Waals surface area contributed by atoms with Crippen LogP contribution < -0.4 is 5.73 Å². The summed E-state index contributed by atoms with van der Waals surface area (Å²) in [6.45, 7) is 4.32. The molecule has 0 saturated carbocycles. The normalized spacial score (nSPS) is 15.1. The molecule has 0 bridgehead atoms. The molecule has 0 fully saturated rings. The van der Waals surface area contributed by atoms with Crippen molar-refractivity contribution in [2.45, 2.75) is 26.4 Å². The van der Waals surface area contributed by atoms with Crippen molar-refractivity contribution in [3.8, 4) is 5.75 Å². The van der Waals surface area contributed by atoms with E-state index >= 15 is 0 Å². The lowest BCUT2D eigenvalue weighted by Crippen LogP contribution is -2.30. The van der Waals surface area contributed by atoms with Gasteiger partial charge in [-0.1, -0.05) is 26.0 Å². The lowest BCUT2D eigenvalue weighted by molar-refractivity contribution is 0.185. The number of phenolic OH excluding ortho intramolecular Hbond substituents is 1. The van der Waals surface area contributed by atoms with Crippen LogP contribution in [0.15, 0.2) is 24.3 Å². The summed E-state index contributed by atoms with van der Waals surface area (Å²) in [6.07, 6.45) is -0.638. The monoisotopic (exact) mass is 225 g/mol. The van der Waals surface area contributed by atoms with Crippen LogP contribution in [0.25, 0.3) is 0 Å². The minimum atomic E-state index is -0.952. The summed E-state index contributed by atoms with van der Waals surface area (Å²) in [5, 5.41) is 9.28. The Balaban J connectivity index is 2.66. The van der Waals surface area contributed by atoms with Crippen LogP contribution in [0.4, 0.5) is 4.39 Å². The zero-order valence-electron chi connectivity index (χ0n) is 9.86. The second-order valence-corrected chi connectivity index (χ2v) is 4.53. The van der Waals surface area contributed by atoms with Crippen molar-refractivity contribution >= 4 is 0 Å². The van der Waals surface area contributed by atoms with Crippen LogP contribution in [0.5, 0.6) is 5.75 Å². The zero-order valence-corrected chi connectivity index (χ0v) is 9.86. The number of benzene rings is 1. The molecule has 0 aliphatic carbocycles. The zero-order chi connectivity index (χ0) is 12.1. The molecule has 0 aliphatic rings. The highest BCUT2D eigenvalue weighted by molar-refractivity contribution is 5.27. The molecule has 0 radical (unpaired) electrons. The van der Waals surface area contributed by atoms with Gasteiger partial charge in [-0.25, -0.2) is 4.39 Å². The van der Waals surface area contributed by atoms with Gasteiger partial charge in [-0.15, -0.1) is 0 Å². The van der Waals surface area contributed by atoms with Crippen LogP contribution >= 0.6 is 0 Å². The third-order valence-corrected chi connectivity index (χ3v) is 2.93. The van der Waals surface area contributed by atoms with Gasteiger partial charge in [0.05, 0.1) is 0 Å². The quantitative estimate of drug-likeness (QED) is 0.808. The minimum absolute atomic E-state index is 0.123. The van der Waals surface area contributed by atoms with Gasteiger partial charge >= 0.3 is 0 Å². The van der Waals surface area contributed by atoms with Gasteiger partial charge < -0.3 is 10.8 Å². The smallest absolute Gasteiger partial charge is 0.115 e. The molecule has 0 spiro atoms. The number of halogens is 1. The molecule has 2 atom stereocenters. The maximum Gasteiger partial charge on any atom is 0.115 e. The first-order valence-corrected chi connectivity index (χ1v) is 5.66. The summed E-state index contributed by atoms with van der Waals surface area (Å²) in [5.41, 5.74) is 6.38. The Hall–Kier alpha value is -1.09. The number of hydrogen-bond donors (Lipinski definition) is 2. The van der Waals surface area contributed by atoms with E-state index in [2.05, 4.69) is 0 Å². The van der Waals surface area contributed by atoms with Crippen molar-refractivity contribution in [2.75, 3.05) is 6.54 Å². The fourth-order valence-electron chi connectivity index (χ4n) is 1.90. The maximum absolute atomic E-state index is 14.0. The van der Waals surface area contributed by atoms with Crippen molar-refractivity contribution in [1.82, 2.24) is 0 Å². The van der Waals surface area contributed by atoms with Gasteiger partial charge in [0.1, 0.15) is 11.9 Å². The van der Waals surface area contributed by atoms with Crippen LogP contribution in [0.3, 0.4) is 0 Å². The van der Waals surface area contributed by atoms with E-state index in [1.807, 2.05) is 19.9 Å². The number of aromatic hydroxyl groups is 1. The molecule has 16 heavy (non-hydrogen) atoms. The van der Waals surface area contributed by atoms with Crippen LogP contribution in [-0.2, 0) is 6.42 Å². The predicted octanol–water partition coefficient (Wildman–Crippen LogP) is 2.50. The summed E-state index contributed by atoms with van der Waals surface area (Å²) in [4.78, 5) is 0. The van der Waals surface area contributed by atoms with Gasteiger partial charge in [0.15, 0.2) is 0 Å². The van der Waals surface area contributed by atoms with Crippen molar-refractivity contribution in [2.24, 2.45) is 17.6 Å². The first kappa shape index (κ1) is 13.0. The molecule has 1 rings (SSSR count). The lowest BCUT2D eigenvalue weighted by Gasteiger charge is -2.23. The molecule has 1 aromatic rings. The molecule has 0 aromatic heterocycles. The summed E-state index contributed by atoms with van der Waals surface area (Å²) in [6, 6.07) is 6.73. The summed E-state index contributed by atoms with van der Waals surface area (Å²) < 4.78 is 14.0. The van der Waals surface area contributed by atoms with Crippen molar-refractivity contribution in [3.63, 3.8) is 0 Å². The van der Waals surface area contributed by atoms with E-state index in [9.17, 15) is 9.50 Å². The Morgan fingerprint density at radius 1 is 1.38 bits per heavy atom. The number of alkyl halides is 1. The minimum Gasteiger partial charge on any atom is -0.508 e. The van der Waals surface area contributed by atoms with Gasteiger partial charge in [-0.05, 0) is 30.2 Å². The molecule has 2 nitrogen and oxygen atoms in total. The topological polar surface area (TPSA) is 46.2 Å². The Kier molecular flexibility index (Phi) is 4.74. The van der Waals surface area contributed by atoms with Gasteiger partial charge in [-0.3, -0.25) is 0 Å². The molecule has 1 aromatic carbocycles. The highest BCUT2D eigenvalue weighted by Gasteiger charge is 2.23. The van der Waals surface area contributed by atoms with E-state index in [1.54, 1.807) is 18.2 Å². The average Bonchev–Trinajstić information content (AvgIpc) is 2.17. The Morgan fingerprint density at radius 2 is 2.06 bits per heavy atom. The van der Waals surface area contributed by atoms with E-state index in [-0.39, 0.29) is 17.6 Å². The molecule has 0 saturated heterocycles. The summed E-state index contributed by atoms with van der Waals surface area (Å²) >= 11 is 0. The van der Waals surface area contributed by atoms with Crippen molar-refractivity contribution < 1.29 is 9.50 Å². The van der Waals surface area contributed by atoms with E-state index in [4.69, 9.17) is 5.73 Å². The molecule has 0 aliphatic heterocycles. The molecule has 0 amide bonds. The summed E-state index contributed by atoms with van der Waals surface area (Å²) in [5.74, 6) is 0.290. The molecule has 3 heteroatoms. The predicted molar refractivity (Wildman–Crippen MR) is 64.1 cm³/mol. The Morgan fingerprint density at radius 3 is 2.56 bits per heavy atom. The number of hydrogen-bond acceptors (Lipinski definition) is 2. The van der Waals surface area contributed by atoms with Crippen LogP contribution in [0.1, 0.15) is 19.4 Å². The SMILES string of the molecule is CC(C)C(CN)C(F)Cc1cccc(O)c1. The molecular weight excluding hydrogens is 205 g/mol. The fourth-order valence-corrected chi connectivity index (χ4v) is 1.90. The Bertz CT molecular complexity index is 327. The molecular formula is C13H20FNO. The highest BCUT2D eigenvalue weighted by Crippen LogP contribution is 2.22. The summed E-state index contributed by atoms with van der Waals surface area (Å²) in [7, 11) is 0. The largest absolute Gasteiger partial charge is 0.508 e. The van der Waals surface area contributed by atoms with Gasteiger partial charge in [0.2, 0.25) is 0 Å². The molecule has 90 valence electrons. The standard InChI is InChI=1S/C13H20FNO/c1-9(2)12(8-15)13(14)7-10-4-3-5-11(16)6-10/h3-6,9,12-13,16H,7-8,15H2,1-2H3. The lowest BCUT2D eigenvalue weighted by atomic mass is 9.88. The first-order chi connectivity index (χ1) is 7.54. The number of nitrogens with two attached hydrogens (primary N) is 1. The van der Waals surface area contributed by atoms with Crippen LogP contribution in [0.2, 0.25) is 0 Å². The average molecular weight is 225 g/mol. The first-order valence-electron chi connectivity index (χ1n) is 5.66. The molecule has 0 heterocycles. The van der Waals surface area contributed by atoms with E-state index in [0.29, 0.717) is 13.0 Å². The third kappa shape index (κ3) is 3.49. The number of phenols is 1. The van der Waals surface area contributed by atoms with E-state index < -0.39 is 6.17 Å². The van der Waals surface area contributed by atoms with Crippen LogP contribution in [-0.4, -0.2) is 17.8 Å². The van der Waals surface area contributed by atoms with E-state index in [1.165, 1.54) is 0 Å².